The third-order valence-electron chi connectivity index (χ3n) is 5.05. The summed E-state index contributed by atoms with van der Waals surface area (Å²) >= 11 is 6.59. The quantitative estimate of drug-likeness (QED) is 0.259. The SMILES string of the molecule is Cc1ccc(NC(=O)COc2ccccc2/C=C2\SC(=S)N(CCCCCC(=O)O)C2=O)cc1. The smallest absolute Gasteiger partial charge is 0.303 e. The van der Waals surface area contributed by atoms with Gasteiger partial charge in [-0.25, -0.2) is 0 Å². The average Bonchev–Trinajstić information content (AvgIpc) is 3.07. The number of benzene rings is 2. The van der Waals surface area contributed by atoms with Crippen molar-refractivity contribution in [1.29, 1.82) is 0 Å². The predicted octanol–water partition coefficient (Wildman–Crippen LogP) is 4.86. The van der Waals surface area contributed by atoms with Gasteiger partial charge in [0, 0.05) is 24.2 Å². The van der Waals surface area contributed by atoms with E-state index in [9.17, 15) is 14.4 Å². The maximum Gasteiger partial charge on any atom is 0.303 e. The van der Waals surface area contributed by atoms with E-state index in [0.29, 0.717) is 52.0 Å². The number of rotatable bonds is 11. The molecule has 178 valence electrons. The summed E-state index contributed by atoms with van der Waals surface area (Å²) in [6, 6.07) is 14.7. The van der Waals surface area contributed by atoms with Gasteiger partial charge in [-0.1, -0.05) is 66.3 Å². The standard InChI is InChI=1S/C25H26N2O5S2/c1-17-10-12-19(13-11-17)26-22(28)16-32-20-8-5-4-7-18(20)15-21-24(31)27(25(33)34-21)14-6-2-3-9-23(29)30/h4-5,7-8,10-13,15H,2-3,6,9,14,16H2,1H3,(H,26,28)(H,29,30)/b21-15-. The first-order valence-electron chi connectivity index (χ1n) is 10.9. The van der Waals surface area contributed by atoms with Gasteiger partial charge in [0.15, 0.2) is 6.61 Å². The van der Waals surface area contributed by atoms with Gasteiger partial charge in [0.1, 0.15) is 10.1 Å². The van der Waals surface area contributed by atoms with Gasteiger partial charge in [-0.15, -0.1) is 0 Å². The summed E-state index contributed by atoms with van der Waals surface area (Å²) in [6.07, 6.45) is 3.81. The van der Waals surface area contributed by atoms with Crippen LogP contribution in [0.5, 0.6) is 5.75 Å². The number of para-hydroxylation sites is 1. The van der Waals surface area contributed by atoms with Crippen LogP contribution in [-0.4, -0.2) is 45.3 Å². The maximum absolute atomic E-state index is 12.8. The molecular weight excluding hydrogens is 472 g/mol. The number of carboxylic acids is 1. The number of amides is 2. The molecule has 0 unspecified atom stereocenters. The first-order chi connectivity index (χ1) is 16.3. The molecule has 1 heterocycles. The van der Waals surface area contributed by atoms with E-state index in [4.69, 9.17) is 22.1 Å². The van der Waals surface area contributed by atoms with Crippen molar-refractivity contribution in [3.05, 3.63) is 64.6 Å². The number of carboxylic acid groups (broad SMARTS) is 1. The highest BCUT2D eigenvalue weighted by Crippen LogP contribution is 2.34. The number of thioether (sulfide) groups is 1. The molecule has 0 aliphatic carbocycles. The van der Waals surface area contributed by atoms with E-state index in [1.165, 1.54) is 11.8 Å². The molecular formula is C25H26N2O5S2. The molecule has 0 aromatic heterocycles. The Labute approximate surface area is 208 Å². The number of carbonyl (C=O) groups excluding carboxylic acids is 2. The van der Waals surface area contributed by atoms with Crippen LogP contribution in [-0.2, 0) is 14.4 Å². The number of carbonyl (C=O) groups is 3. The second-order valence-electron chi connectivity index (χ2n) is 7.78. The zero-order valence-corrected chi connectivity index (χ0v) is 20.4. The van der Waals surface area contributed by atoms with Crippen LogP contribution in [0.3, 0.4) is 0 Å². The van der Waals surface area contributed by atoms with Crippen molar-refractivity contribution >= 4 is 57.8 Å². The Balaban J connectivity index is 1.58. The highest BCUT2D eigenvalue weighted by molar-refractivity contribution is 8.26. The molecule has 7 nitrogen and oxygen atoms in total. The Morgan fingerprint density at radius 2 is 1.85 bits per heavy atom. The molecule has 0 saturated carbocycles. The fourth-order valence-electron chi connectivity index (χ4n) is 3.27. The second kappa shape index (κ2) is 12.3. The predicted molar refractivity (Wildman–Crippen MR) is 138 cm³/mol. The van der Waals surface area contributed by atoms with E-state index in [2.05, 4.69) is 5.32 Å². The molecule has 2 amide bonds. The summed E-state index contributed by atoms with van der Waals surface area (Å²) in [5, 5.41) is 11.5. The van der Waals surface area contributed by atoms with E-state index in [1.807, 2.05) is 43.3 Å². The minimum absolute atomic E-state index is 0.123. The van der Waals surface area contributed by atoms with Gasteiger partial charge >= 0.3 is 5.97 Å². The molecule has 0 spiro atoms. The van der Waals surface area contributed by atoms with Crippen LogP contribution in [0.4, 0.5) is 5.69 Å². The maximum atomic E-state index is 12.8. The van der Waals surface area contributed by atoms with Crippen molar-refractivity contribution in [2.24, 2.45) is 0 Å². The van der Waals surface area contributed by atoms with Crippen LogP contribution in [0.15, 0.2) is 53.4 Å². The summed E-state index contributed by atoms with van der Waals surface area (Å²) in [6.45, 7) is 2.26. The summed E-state index contributed by atoms with van der Waals surface area (Å²) in [4.78, 5) is 37.8. The Morgan fingerprint density at radius 3 is 2.59 bits per heavy atom. The van der Waals surface area contributed by atoms with Crippen LogP contribution < -0.4 is 10.1 Å². The number of nitrogens with one attached hydrogen (secondary N) is 1. The van der Waals surface area contributed by atoms with Crippen molar-refractivity contribution in [3.63, 3.8) is 0 Å². The lowest BCUT2D eigenvalue weighted by Gasteiger charge is -2.14. The Kier molecular flexibility index (Phi) is 9.24. The number of ether oxygens (including phenoxy) is 1. The molecule has 0 bridgehead atoms. The van der Waals surface area contributed by atoms with Crippen LogP contribution >= 0.6 is 24.0 Å². The minimum Gasteiger partial charge on any atom is -0.483 e. The summed E-state index contributed by atoms with van der Waals surface area (Å²) in [5.41, 5.74) is 2.47. The summed E-state index contributed by atoms with van der Waals surface area (Å²) in [5.74, 6) is -0.796. The van der Waals surface area contributed by atoms with E-state index in [-0.39, 0.29) is 24.8 Å². The number of hydrogen-bond acceptors (Lipinski definition) is 6. The molecule has 1 fully saturated rings. The molecule has 0 atom stereocenters. The third kappa shape index (κ3) is 7.43. The molecule has 1 aliphatic rings. The van der Waals surface area contributed by atoms with Gasteiger partial charge in [-0.2, -0.15) is 0 Å². The number of anilines is 1. The lowest BCUT2D eigenvalue weighted by molar-refractivity contribution is -0.137. The number of aliphatic carboxylic acids is 1. The van der Waals surface area contributed by atoms with E-state index in [1.54, 1.807) is 23.1 Å². The molecule has 1 aliphatic heterocycles. The molecule has 2 aromatic rings. The fraction of sp³-hybridized carbons (Fsp3) is 0.280. The number of nitrogens with zero attached hydrogens (tertiary/aromatic N) is 1. The van der Waals surface area contributed by atoms with Crippen molar-refractivity contribution in [1.82, 2.24) is 4.90 Å². The Hall–Kier alpha value is -3.17. The van der Waals surface area contributed by atoms with E-state index >= 15 is 0 Å². The van der Waals surface area contributed by atoms with Crippen molar-refractivity contribution < 1.29 is 24.2 Å². The van der Waals surface area contributed by atoms with Crippen LogP contribution in [0.2, 0.25) is 0 Å². The topological polar surface area (TPSA) is 95.9 Å². The summed E-state index contributed by atoms with van der Waals surface area (Å²) < 4.78 is 6.21. The fourth-order valence-corrected chi connectivity index (χ4v) is 4.56. The highest BCUT2D eigenvalue weighted by atomic mass is 32.2. The zero-order valence-electron chi connectivity index (χ0n) is 18.8. The molecule has 2 aromatic carbocycles. The lowest BCUT2D eigenvalue weighted by atomic mass is 10.1. The molecule has 1 saturated heterocycles. The van der Waals surface area contributed by atoms with Crippen molar-refractivity contribution in [3.8, 4) is 5.75 Å². The van der Waals surface area contributed by atoms with Crippen LogP contribution in [0.25, 0.3) is 6.08 Å². The number of unbranched alkanes of at least 4 members (excludes halogenated alkanes) is 2. The molecule has 2 N–H and O–H groups in total. The molecule has 9 heteroatoms. The molecule has 34 heavy (non-hydrogen) atoms. The van der Waals surface area contributed by atoms with Gasteiger partial charge in [-0.05, 0) is 44.0 Å². The average molecular weight is 499 g/mol. The molecule has 0 radical (unpaired) electrons. The monoisotopic (exact) mass is 498 g/mol. The van der Waals surface area contributed by atoms with Crippen molar-refractivity contribution in [2.45, 2.75) is 32.6 Å². The second-order valence-corrected chi connectivity index (χ2v) is 9.45. The number of thiocarbonyl (C=S) groups is 1. The van der Waals surface area contributed by atoms with Gasteiger partial charge in [0.05, 0.1) is 4.91 Å². The zero-order chi connectivity index (χ0) is 24.5. The first kappa shape index (κ1) is 25.5. The van der Waals surface area contributed by atoms with Gasteiger partial charge in [0.25, 0.3) is 11.8 Å². The minimum atomic E-state index is -0.818. The lowest BCUT2D eigenvalue weighted by Crippen LogP contribution is -2.29. The van der Waals surface area contributed by atoms with E-state index in [0.717, 1.165) is 5.56 Å². The van der Waals surface area contributed by atoms with Crippen LogP contribution in [0, 0.1) is 6.92 Å². The summed E-state index contributed by atoms with van der Waals surface area (Å²) in [7, 11) is 0. The number of aryl methyl sites for hydroxylation is 1. The van der Waals surface area contributed by atoms with Gasteiger partial charge in [0.2, 0.25) is 0 Å². The third-order valence-corrected chi connectivity index (χ3v) is 6.42. The Bertz CT molecular complexity index is 1100. The normalized spacial score (nSPS) is 14.5. The van der Waals surface area contributed by atoms with Crippen molar-refractivity contribution in [2.75, 3.05) is 18.5 Å². The molecule has 3 rings (SSSR count). The van der Waals surface area contributed by atoms with Gasteiger partial charge in [-0.3, -0.25) is 19.3 Å². The van der Waals surface area contributed by atoms with Gasteiger partial charge < -0.3 is 15.2 Å². The highest BCUT2D eigenvalue weighted by Gasteiger charge is 2.31. The van der Waals surface area contributed by atoms with Crippen LogP contribution in [0.1, 0.15) is 36.8 Å². The largest absolute Gasteiger partial charge is 0.483 e. The number of hydrogen-bond donors (Lipinski definition) is 2. The first-order valence-corrected chi connectivity index (χ1v) is 12.1. The Morgan fingerprint density at radius 1 is 1.12 bits per heavy atom. The van der Waals surface area contributed by atoms with E-state index < -0.39 is 5.97 Å².